The number of nitrogens with two attached hydrogens (primary N) is 1. The Hall–Kier alpha value is -1.30. The molecule has 1 aromatic carbocycles. The van der Waals surface area contributed by atoms with Crippen LogP contribution in [0.5, 0.6) is 5.75 Å². The summed E-state index contributed by atoms with van der Waals surface area (Å²) >= 11 is 0. The highest BCUT2D eigenvalue weighted by Crippen LogP contribution is 2.22. The second-order valence-corrected chi connectivity index (χ2v) is 5.80. The number of methoxy groups -OCH3 is 1. The van der Waals surface area contributed by atoms with Gasteiger partial charge < -0.3 is 20.1 Å². The van der Waals surface area contributed by atoms with E-state index in [4.69, 9.17) is 15.2 Å². The summed E-state index contributed by atoms with van der Waals surface area (Å²) in [6, 6.07) is 7.79. The second kappa shape index (κ2) is 9.75. The summed E-state index contributed by atoms with van der Waals surface area (Å²) in [5.41, 5.74) is 6.67. The van der Waals surface area contributed by atoms with E-state index in [0.717, 1.165) is 30.8 Å². The number of ether oxygens (including phenoxy) is 2. The second-order valence-electron chi connectivity index (χ2n) is 5.80. The van der Waals surface area contributed by atoms with Gasteiger partial charge >= 0.3 is 0 Å². The summed E-state index contributed by atoms with van der Waals surface area (Å²) in [5, 5.41) is 0. The van der Waals surface area contributed by atoms with E-state index in [1.54, 1.807) is 7.11 Å². The van der Waals surface area contributed by atoms with Gasteiger partial charge in [0.1, 0.15) is 5.75 Å². The van der Waals surface area contributed by atoms with Crippen molar-refractivity contribution in [3.63, 3.8) is 0 Å². The molecule has 5 nitrogen and oxygen atoms in total. The summed E-state index contributed by atoms with van der Waals surface area (Å²) in [6.45, 7) is 4.14. The van der Waals surface area contributed by atoms with E-state index in [1.165, 1.54) is 0 Å². The molecule has 1 aliphatic heterocycles. The maximum Gasteiger partial charge on any atom is 0.227 e. The van der Waals surface area contributed by atoms with Gasteiger partial charge in [0.15, 0.2) is 0 Å². The number of hydrogen-bond acceptors (Lipinski definition) is 4. The van der Waals surface area contributed by atoms with E-state index in [9.17, 15) is 4.79 Å². The van der Waals surface area contributed by atoms with Crippen LogP contribution in [0.25, 0.3) is 0 Å². The van der Waals surface area contributed by atoms with Crippen LogP contribution in [0.15, 0.2) is 24.3 Å². The minimum absolute atomic E-state index is 0. The fourth-order valence-corrected chi connectivity index (χ4v) is 2.72. The fourth-order valence-electron chi connectivity index (χ4n) is 2.72. The van der Waals surface area contributed by atoms with Gasteiger partial charge in [-0.3, -0.25) is 4.79 Å². The van der Waals surface area contributed by atoms with Crippen LogP contribution < -0.4 is 10.5 Å². The van der Waals surface area contributed by atoms with E-state index in [2.05, 4.69) is 0 Å². The van der Waals surface area contributed by atoms with E-state index in [0.29, 0.717) is 19.6 Å². The van der Waals surface area contributed by atoms with Crippen LogP contribution in [0.4, 0.5) is 0 Å². The Kier molecular flexibility index (Phi) is 8.37. The van der Waals surface area contributed by atoms with Gasteiger partial charge in [-0.1, -0.05) is 25.1 Å². The molecule has 0 bridgehead atoms. The molecule has 23 heavy (non-hydrogen) atoms. The van der Waals surface area contributed by atoms with Crippen molar-refractivity contribution in [2.24, 2.45) is 11.7 Å². The fraction of sp³-hybridized carbons (Fsp3) is 0.588. The average Bonchev–Trinajstić information content (AvgIpc) is 3.06. The molecule has 2 atom stereocenters. The van der Waals surface area contributed by atoms with Crippen molar-refractivity contribution in [2.75, 3.05) is 26.8 Å². The van der Waals surface area contributed by atoms with Crippen LogP contribution in [-0.4, -0.2) is 43.7 Å². The molecule has 130 valence electrons. The first-order chi connectivity index (χ1) is 10.7. The number of nitrogens with zero attached hydrogens (tertiary/aromatic N) is 1. The first-order valence-corrected chi connectivity index (χ1v) is 7.88. The first-order valence-electron chi connectivity index (χ1n) is 7.88. The molecular formula is C17H27ClN2O3. The van der Waals surface area contributed by atoms with Gasteiger partial charge in [0, 0.05) is 37.7 Å². The third-order valence-electron chi connectivity index (χ3n) is 4.09. The van der Waals surface area contributed by atoms with Crippen molar-refractivity contribution < 1.29 is 14.3 Å². The maximum atomic E-state index is 12.6. The normalized spacial score (nSPS) is 18.1. The monoisotopic (exact) mass is 342 g/mol. The van der Waals surface area contributed by atoms with Crippen molar-refractivity contribution in [1.29, 1.82) is 0 Å². The van der Waals surface area contributed by atoms with Crippen LogP contribution in [-0.2, 0) is 16.1 Å². The standard InChI is InChI=1S/C17H26N2O3.ClH/c1-13(10-18)17(20)19(12-15-7-5-9-22-15)11-14-6-3-4-8-16(14)21-2;/h3-4,6,8,13,15H,5,7,9-12,18H2,1-2H3;1H. The van der Waals surface area contributed by atoms with Crippen molar-refractivity contribution in [3.8, 4) is 5.75 Å². The topological polar surface area (TPSA) is 64.8 Å². The highest BCUT2D eigenvalue weighted by molar-refractivity contribution is 5.85. The molecular weight excluding hydrogens is 316 g/mol. The molecule has 0 aromatic heterocycles. The summed E-state index contributed by atoms with van der Waals surface area (Å²) < 4.78 is 11.1. The van der Waals surface area contributed by atoms with Crippen molar-refractivity contribution in [1.82, 2.24) is 4.90 Å². The first kappa shape index (κ1) is 19.7. The van der Waals surface area contributed by atoms with Crippen LogP contribution in [0, 0.1) is 5.92 Å². The zero-order valence-corrected chi connectivity index (χ0v) is 14.7. The minimum Gasteiger partial charge on any atom is -0.496 e. The van der Waals surface area contributed by atoms with E-state index in [-0.39, 0.29) is 30.3 Å². The molecule has 1 amide bonds. The number of halogens is 1. The van der Waals surface area contributed by atoms with E-state index >= 15 is 0 Å². The van der Waals surface area contributed by atoms with Gasteiger partial charge in [0.2, 0.25) is 5.91 Å². The number of para-hydroxylation sites is 1. The number of amides is 1. The van der Waals surface area contributed by atoms with Crippen molar-refractivity contribution in [2.45, 2.75) is 32.4 Å². The smallest absolute Gasteiger partial charge is 0.227 e. The quantitative estimate of drug-likeness (QED) is 0.825. The summed E-state index contributed by atoms with van der Waals surface area (Å²) in [4.78, 5) is 14.5. The number of carbonyl (C=O) groups excluding carboxylic acids is 1. The zero-order chi connectivity index (χ0) is 15.9. The number of rotatable bonds is 7. The van der Waals surface area contributed by atoms with Gasteiger partial charge in [-0.05, 0) is 18.9 Å². The van der Waals surface area contributed by atoms with Gasteiger partial charge in [0.25, 0.3) is 0 Å². The Balaban J connectivity index is 0.00000264. The van der Waals surface area contributed by atoms with Crippen molar-refractivity contribution >= 4 is 18.3 Å². The molecule has 2 rings (SSSR count). The van der Waals surface area contributed by atoms with Gasteiger partial charge in [0.05, 0.1) is 13.2 Å². The summed E-state index contributed by atoms with van der Waals surface area (Å²) in [6.07, 6.45) is 2.20. The molecule has 0 saturated carbocycles. The predicted octanol–water partition coefficient (Wildman–Crippen LogP) is 2.22. The lowest BCUT2D eigenvalue weighted by Crippen LogP contribution is -2.41. The Labute approximate surface area is 144 Å². The number of benzene rings is 1. The van der Waals surface area contributed by atoms with Gasteiger partial charge in [-0.15, -0.1) is 12.4 Å². The molecule has 6 heteroatoms. The molecule has 0 spiro atoms. The molecule has 1 saturated heterocycles. The predicted molar refractivity (Wildman–Crippen MR) is 92.9 cm³/mol. The lowest BCUT2D eigenvalue weighted by atomic mass is 10.1. The Morgan fingerprint density at radius 3 is 2.83 bits per heavy atom. The molecule has 2 N–H and O–H groups in total. The third-order valence-corrected chi connectivity index (χ3v) is 4.09. The minimum atomic E-state index is -0.184. The largest absolute Gasteiger partial charge is 0.496 e. The molecule has 1 heterocycles. The summed E-state index contributed by atoms with van der Waals surface area (Å²) in [5.74, 6) is 0.688. The van der Waals surface area contributed by atoms with Crippen LogP contribution in [0.1, 0.15) is 25.3 Å². The number of hydrogen-bond donors (Lipinski definition) is 1. The Morgan fingerprint density at radius 1 is 1.48 bits per heavy atom. The van der Waals surface area contributed by atoms with Gasteiger partial charge in [-0.25, -0.2) is 0 Å². The third kappa shape index (κ3) is 5.37. The van der Waals surface area contributed by atoms with Crippen LogP contribution >= 0.6 is 12.4 Å². The number of carbonyl (C=O) groups is 1. The lowest BCUT2D eigenvalue weighted by molar-refractivity contribution is -0.137. The summed E-state index contributed by atoms with van der Waals surface area (Å²) in [7, 11) is 1.65. The molecule has 2 unspecified atom stereocenters. The van der Waals surface area contributed by atoms with Crippen molar-refractivity contribution in [3.05, 3.63) is 29.8 Å². The molecule has 1 fully saturated rings. The molecule has 0 aliphatic carbocycles. The lowest BCUT2D eigenvalue weighted by Gasteiger charge is -2.28. The van der Waals surface area contributed by atoms with E-state index in [1.807, 2.05) is 36.1 Å². The zero-order valence-electron chi connectivity index (χ0n) is 13.9. The molecule has 1 aliphatic rings. The highest BCUT2D eigenvalue weighted by Gasteiger charge is 2.26. The molecule has 0 radical (unpaired) electrons. The van der Waals surface area contributed by atoms with E-state index < -0.39 is 0 Å². The van der Waals surface area contributed by atoms with Gasteiger partial charge in [-0.2, -0.15) is 0 Å². The van der Waals surface area contributed by atoms with Crippen LogP contribution in [0.3, 0.4) is 0 Å². The Bertz CT molecular complexity index is 492. The maximum absolute atomic E-state index is 12.6. The molecule has 1 aromatic rings. The highest BCUT2D eigenvalue weighted by atomic mass is 35.5. The van der Waals surface area contributed by atoms with Crippen LogP contribution in [0.2, 0.25) is 0 Å². The Morgan fingerprint density at radius 2 is 2.22 bits per heavy atom. The SMILES string of the molecule is COc1ccccc1CN(CC1CCCO1)C(=O)C(C)CN.Cl. The average molecular weight is 343 g/mol.